The molecule has 0 fully saturated rings. The van der Waals surface area contributed by atoms with E-state index in [0.29, 0.717) is 0 Å². The first-order valence-corrected chi connectivity index (χ1v) is 5.08. The van der Waals surface area contributed by atoms with Crippen molar-refractivity contribution in [3.8, 4) is 5.95 Å². The highest BCUT2D eigenvalue weighted by atomic mass is 16.3. The Kier molecular flexibility index (Phi) is 3.60. The Morgan fingerprint density at radius 3 is 2.89 bits per heavy atom. The molecule has 2 aromatic rings. The highest BCUT2D eigenvalue weighted by Gasteiger charge is 2.08. The maximum Gasteiger partial charge on any atom is 0.258 e. The van der Waals surface area contributed by atoms with Gasteiger partial charge in [0.1, 0.15) is 12.7 Å². The van der Waals surface area contributed by atoms with Crippen LogP contribution in [-0.2, 0) is 0 Å². The molecule has 18 heavy (non-hydrogen) atoms. The number of anilines is 2. The highest BCUT2D eigenvalue weighted by Crippen LogP contribution is 2.05. The molecule has 0 amide bonds. The molecule has 10 heteroatoms. The number of rotatable bonds is 5. The molecular weight excluding hydrogens is 240 g/mol. The summed E-state index contributed by atoms with van der Waals surface area (Å²) in [6.07, 6.45) is 1.85. The molecule has 0 saturated carbocycles. The molecule has 10 nitrogen and oxygen atoms in total. The highest BCUT2D eigenvalue weighted by molar-refractivity contribution is 5.34. The third-order valence-corrected chi connectivity index (χ3v) is 1.97. The van der Waals surface area contributed by atoms with Gasteiger partial charge in [0.25, 0.3) is 5.95 Å². The molecule has 5 N–H and O–H groups in total. The van der Waals surface area contributed by atoms with Crippen LogP contribution in [0.5, 0.6) is 0 Å². The van der Waals surface area contributed by atoms with Crippen LogP contribution in [0.25, 0.3) is 5.95 Å². The van der Waals surface area contributed by atoms with Gasteiger partial charge < -0.3 is 21.3 Å². The van der Waals surface area contributed by atoms with Crippen LogP contribution in [0, 0.1) is 0 Å². The number of hydrogen-bond acceptors (Lipinski definition) is 9. The van der Waals surface area contributed by atoms with Crippen molar-refractivity contribution in [2.45, 2.75) is 6.10 Å². The molecule has 0 saturated heterocycles. The topological polar surface area (TPSA) is 148 Å². The summed E-state index contributed by atoms with van der Waals surface area (Å²) < 4.78 is 1.33. The van der Waals surface area contributed by atoms with Crippen LogP contribution in [0.15, 0.2) is 12.7 Å². The summed E-state index contributed by atoms with van der Waals surface area (Å²) in [7, 11) is 0. The number of aromatic nitrogens is 6. The molecule has 0 radical (unpaired) electrons. The monoisotopic (exact) mass is 252 g/mol. The maximum atomic E-state index is 9.20. The summed E-state index contributed by atoms with van der Waals surface area (Å²) in [4.78, 5) is 15.5. The molecule has 2 rings (SSSR count). The molecule has 1 unspecified atom stereocenters. The van der Waals surface area contributed by atoms with Crippen LogP contribution in [0.4, 0.5) is 11.9 Å². The number of hydrogen-bond donors (Lipinski definition) is 4. The molecule has 0 spiro atoms. The molecule has 2 aromatic heterocycles. The van der Waals surface area contributed by atoms with E-state index < -0.39 is 6.10 Å². The second-order valence-electron chi connectivity index (χ2n) is 3.37. The summed E-state index contributed by atoms with van der Waals surface area (Å²) in [5.74, 6) is 0.401. The summed E-state index contributed by atoms with van der Waals surface area (Å²) in [6, 6.07) is 0. The maximum absolute atomic E-state index is 9.20. The van der Waals surface area contributed by atoms with Crippen LogP contribution >= 0.6 is 0 Å². The van der Waals surface area contributed by atoms with Gasteiger partial charge in [-0.1, -0.05) is 0 Å². The Morgan fingerprint density at radius 2 is 2.22 bits per heavy atom. The minimum atomic E-state index is -0.905. The van der Waals surface area contributed by atoms with Crippen molar-refractivity contribution in [3.63, 3.8) is 0 Å². The summed E-state index contributed by atoms with van der Waals surface area (Å²) in [5.41, 5.74) is 5.53. The van der Waals surface area contributed by atoms with Crippen molar-refractivity contribution in [2.75, 3.05) is 24.2 Å². The first-order chi connectivity index (χ1) is 8.69. The Bertz CT molecular complexity index is 502. The molecule has 2 heterocycles. The Hall–Kier alpha value is -2.33. The number of aliphatic hydroxyl groups excluding tert-OH is 2. The lowest BCUT2D eigenvalue weighted by atomic mass is 10.4. The van der Waals surface area contributed by atoms with E-state index >= 15 is 0 Å². The lowest BCUT2D eigenvalue weighted by molar-refractivity contribution is 0.105. The van der Waals surface area contributed by atoms with E-state index in [1.54, 1.807) is 0 Å². The van der Waals surface area contributed by atoms with Crippen LogP contribution in [0.1, 0.15) is 0 Å². The predicted octanol–water partition coefficient (Wildman–Crippen LogP) is -2.20. The van der Waals surface area contributed by atoms with Gasteiger partial charge in [0.2, 0.25) is 11.9 Å². The second-order valence-corrected chi connectivity index (χ2v) is 3.37. The van der Waals surface area contributed by atoms with Gasteiger partial charge in [-0.15, -0.1) is 0 Å². The minimum absolute atomic E-state index is 0.0106. The van der Waals surface area contributed by atoms with E-state index in [2.05, 4.69) is 30.4 Å². The second kappa shape index (κ2) is 5.33. The number of nitrogens with zero attached hydrogens (tertiary/aromatic N) is 6. The number of nitrogens with two attached hydrogens (primary N) is 1. The summed E-state index contributed by atoms with van der Waals surface area (Å²) in [5, 5.41) is 24.5. The molecule has 1 atom stereocenters. The van der Waals surface area contributed by atoms with Gasteiger partial charge in [0, 0.05) is 6.54 Å². The van der Waals surface area contributed by atoms with E-state index in [1.165, 1.54) is 17.3 Å². The van der Waals surface area contributed by atoms with E-state index in [1.807, 2.05) is 0 Å². The van der Waals surface area contributed by atoms with Gasteiger partial charge in [-0.25, -0.2) is 4.98 Å². The van der Waals surface area contributed by atoms with Crippen molar-refractivity contribution in [1.29, 1.82) is 0 Å². The van der Waals surface area contributed by atoms with E-state index in [9.17, 15) is 5.11 Å². The van der Waals surface area contributed by atoms with E-state index in [0.717, 1.165) is 0 Å². The minimum Gasteiger partial charge on any atom is -0.394 e. The van der Waals surface area contributed by atoms with Gasteiger partial charge in [0.05, 0.1) is 12.7 Å². The number of aliphatic hydroxyl groups is 2. The van der Waals surface area contributed by atoms with Crippen LogP contribution in [0.3, 0.4) is 0 Å². The van der Waals surface area contributed by atoms with Crippen molar-refractivity contribution < 1.29 is 10.2 Å². The van der Waals surface area contributed by atoms with Crippen molar-refractivity contribution >= 4 is 11.9 Å². The largest absolute Gasteiger partial charge is 0.394 e. The zero-order valence-electron chi connectivity index (χ0n) is 9.30. The standard InChI is InChI=1S/C8H12N8O2/c9-6-13-7(11-1-5(18)2-17)15-8(14-6)16-4-10-3-12-16/h3-5,17-18H,1-2H2,(H3,9,11,13,14,15). The van der Waals surface area contributed by atoms with Gasteiger partial charge >= 0.3 is 0 Å². The van der Waals surface area contributed by atoms with Crippen LogP contribution < -0.4 is 11.1 Å². The van der Waals surface area contributed by atoms with Gasteiger partial charge in [0.15, 0.2) is 0 Å². The Balaban J connectivity index is 2.17. The lowest BCUT2D eigenvalue weighted by Gasteiger charge is -2.09. The number of nitrogen functional groups attached to an aromatic ring is 1. The third kappa shape index (κ3) is 2.87. The van der Waals surface area contributed by atoms with E-state index in [-0.39, 0.29) is 31.0 Å². The smallest absolute Gasteiger partial charge is 0.258 e. The fourth-order valence-electron chi connectivity index (χ4n) is 1.15. The van der Waals surface area contributed by atoms with Gasteiger partial charge in [-0.2, -0.15) is 24.7 Å². The number of nitrogens with one attached hydrogen (secondary N) is 1. The predicted molar refractivity (Wildman–Crippen MR) is 60.7 cm³/mol. The fourth-order valence-corrected chi connectivity index (χ4v) is 1.15. The van der Waals surface area contributed by atoms with Crippen molar-refractivity contribution in [1.82, 2.24) is 29.7 Å². The van der Waals surface area contributed by atoms with Crippen LogP contribution in [-0.4, -0.2) is 59.2 Å². The Morgan fingerprint density at radius 1 is 1.39 bits per heavy atom. The summed E-state index contributed by atoms with van der Waals surface area (Å²) in [6.45, 7) is -0.264. The third-order valence-electron chi connectivity index (χ3n) is 1.97. The van der Waals surface area contributed by atoms with Crippen molar-refractivity contribution in [2.24, 2.45) is 0 Å². The quantitative estimate of drug-likeness (QED) is 0.465. The molecule has 0 aliphatic carbocycles. The van der Waals surface area contributed by atoms with Gasteiger partial charge in [-0.05, 0) is 0 Å². The molecule has 0 aliphatic heterocycles. The van der Waals surface area contributed by atoms with E-state index in [4.69, 9.17) is 10.8 Å². The van der Waals surface area contributed by atoms with Gasteiger partial charge in [-0.3, -0.25) is 0 Å². The van der Waals surface area contributed by atoms with Crippen molar-refractivity contribution in [3.05, 3.63) is 12.7 Å². The molecule has 96 valence electrons. The molecule has 0 aromatic carbocycles. The molecule has 0 aliphatic rings. The molecular formula is C8H12N8O2. The first-order valence-electron chi connectivity index (χ1n) is 5.08. The normalized spacial score (nSPS) is 12.3. The van der Waals surface area contributed by atoms with Crippen LogP contribution in [0.2, 0.25) is 0 Å². The zero-order valence-corrected chi connectivity index (χ0v) is 9.30. The average Bonchev–Trinajstić information content (AvgIpc) is 2.89. The Labute approximate surface area is 102 Å². The average molecular weight is 252 g/mol. The summed E-state index contributed by atoms with van der Waals surface area (Å²) >= 11 is 0. The lowest BCUT2D eigenvalue weighted by Crippen LogP contribution is -2.24. The first kappa shape index (κ1) is 12.1. The zero-order chi connectivity index (χ0) is 13.0. The molecule has 0 bridgehead atoms. The fraction of sp³-hybridized carbons (Fsp3) is 0.375. The SMILES string of the molecule is Nc1nc(NCC(O)CO)nc(-n2cncn2)n1.